The van der Waals surface area contributed by atoms with Crippen molar-refractivity contribution in [3.63, 3.8) is 0 Å². The summed E-state index contributed by atoms with van der Waals surface area (Å²) < 4.78 is 1.81. The van der Waals surface area contributed by atoms with Crippen molar-refractivity contribution in [2.24, 2.45) is 0 Å². The van der Waals surface area contributed by atoms with Crippen LogP contribution in [-0.4, -0.2) is 15.2 Å². The number of nitrogen functional groups attached to an aromatic ring is 1. The molecule has 7 heteroatoms. The minimum absolute atomic E-state index is 0.685. The van der Waals surface area contributed by atoms with Gasteiger partial charge in [0.1, 0.15) is 10.0 Å². The summed E-state index contributed by atoms with van der Waals surface area (Å²) in [6.07, 6.45) is 1.66. The van der Waals surface area contributed by atoms with Gasteiger partial charge in [-0.15, -0.1) is 10.2 Å². The lowest BCUT2D eigenvalue weighted by Gasteiger charge is -2.05. The van der Waals surface area contributed by atoms with E-state index in [4.69, 9.17) is 5.73 Å². The summed E-state index contributed by atoms with van der Waals surface area (Å²) in [6.45, 7) is 3.88. The molecule has 0 saturated carbocycles. The summed E-state index contributed by atoms with van der Waals surface area (Å²) >= 11 is 6.53. The molecule has 0 amide bonds. The van der Waals surface area contributed by atoms with Gasteiger partial charge in [0, 0.05) is 0 Å². The standard InChI is InChI=1S/C9H9BrN4S2/c1-4-6(11)3-12-8(7(4)10)16-9-14-13-5(2)15-9/h3H,11H2,1-2H3. The smallest absolute Gasteiger partial charge is 0.180 e. The van der Waals surface area contributed by atoms with Gasteiger partial charge in [0.25, 0.3) is 0 Å². The van der Waals surface area contributed by atoms with Gasteiger partial charge in [0.15, 0.2) is 4.34 Å². The van der Waals surface area contributed by atoms with Crippen LogP contribution >= 0.6 is 39.0 Å². The monoisotopic (exact) mass is 316 g/mol. The number of halogens is 1. The second-order valence-electron chi connectivity index (χ2n) is 3.15. The van der Waals surface area contributed by atoms with E-state index >= 15 is 0 Å². The molecule has 0 fully saturated rings. The fourth-order valence-corrected chi connectivity index (χ4v) is 3.39. The molecule has 0 aliphatic carbocycles. The Bertz CT molecular complexity index is 526. The maximum atomic E-state index is 5.76. The van der Waals surface area contributed by atoms with E-state index < -0.39 is 0 Å². The summed E-state index contributed by atoms with van der Waals surface area (Å²) in [6, 6.07) is 0. The molecule has 0 spiro atoms. The minimum atomic E-state index is 0.685. The molecule has 2 heterocycles. The van der Waals surface area contributed by atoms with Crippen LogP contribution in [0.1, 0.15) is 10.6 Å². The molecule has 0 saturated heterocycles. The highest BCUT2D eigenvalue weighted by Crippen LogP contribution is 2.36. The highest BCUT2D eigenvalue weighted by molar-refractivity contribution is 9.10. The van der Waals surface area contributed by atoms with E-state index in [-0.39, 0.29) is 0 Å². The van der Waals surface area contributed by atoms with Crippen molar-refractivity contribution in [1.29, 1.82) is 0 Å². The molecule has 2 N–H and O–H groups in total. The van der Waals surface area contributed by atoms with Crippen LogP contribution < -0.4 is 5.73 Å². The van der Waals surface area contributed by atoms with Crippen molar-refractivity contribution in [2.45, 2.75) is 23.2 Å². The van der Waals surface area contributed by atoms with Crippen LogP contribution in [0.4, 0.5) is 5.69 Å². The first-order valence-electron chi connectivity index (χ1n) is 4.46. The number of anilines is 1. The summed E-state index contributed by atoms with van der Waals surface area (Å²) in [7, 11) is 0. The van der Waals surface area contributed by atoms with E-state index in [1.807, 2.05) is 13.8 Å². The van der Waals surface area contributed by atoms with Crippen molar-refractivity contribution in [3.8, 4) is 0 Å². The number of nitrogens with two attached hydrogens (primary N) is 1. The first kappa shape index (κ1) is 11.8. The van der Waals surface area contributed by atoms with Gasteiger partial charge >= 0.3 is 0 Å². The van der Waals surface area contributed by atoms with Gasteiger partial charge in [-0.2, -0.15) is 0 Å². The molecule has 4 nitrogen and oxygen atoms in total. The van der Waals surface area contributed by atoms with Gasteiger partial charge in [-0.1, -0.05) is 11.3 Å². The zero-order chi connectivity index (χ0) is 11.7. The summed E-state index contributed by atoms with van der Waals surface area (Å²) in [5.41, 5.74) is 7.44. The molecule has 0 aliphatic rings. The lowest BCUT2D eigenvalue weighted by atomic mass is 10.3. The van der Waals surface area contributed by atoms with E-state index in [9.17, 15) is 0 Å². The molecular formula is C9H9BrN4S2. The number of hydrogen-bond acceptors (Lipinski definition) is 6. The average Bonchev–Trinajstić information content (AvgIpc) is 2.65. The third-order valence-electron chi connectivity index (χ3n) is 1.96. The van der Waals surface area contributed by atoms with E-state index in [1.54, 1.807) is 17.5 Å². The molecule has 0 aliphatic heterocycles. The zero-order valence-electron chi connectivity index (χ0n) is 8.69. The number of nitrogens with zero attached hydrogens (tertiary/aromatic N) is 3. The lowest BCUT2D eigenvalue weighted by Crippen LogP contribution is -1.94. The van der Waals surface area contributed by atoms with E-state index in [2.05, 4.69) is 31.1 Å². The third-order valence-corrected chi connectivity index (χ3v) is 5.09. The fourth-order valence-electron chi connectivity index (χ4n) is 1.04. The van der Waals surface area contributed by atoms with Gasteiger partial charge in [-0.05, 0) is 47.1 Å². The predicted molar refractivity (Wildman–Crippen MR) is 69.9 cm³/mol. The van der Waals surface area contributed by atoms with Crippen LogP contribution in [0.3, 0.4) is 0 Å². The Morgan fingerprint density at radius 3 is 2.75 bits per heavy atom. The second-order valence-corrected chi connectivity index (χ2v) is 6.36. The number of aryl methyl sites for hydroxylation is 1. The molecule has 0 aromatic carbocycles. The largest absolute Gasteiger partial charge is 0.397 e. The Balaban J connectivity index is 2.32. The van der Waals surface area contributed by atoms with E-state index in [0.717, 1.165) is 24.4 Å². The SMILES string of the molecule is Cc1nnc(Sc2ncc(N)c(C)c2Br)s1. The Morgan fingerprint density at radius 2 is 2.12 bits per heavy atom. The molecule has 2 aromatic rings. The van der Waals surface area contributed by atoms with Crippen LogP contribution in [0, 0.1) is 13.8 Å². The van der Waals surface area contributed by atoms with Crippen molar-refractivity contribution >= 4 is 44.7 Å². The van der Waals surface area contributed by atoms with Crippen molar-refractivity contribution in [2.75, 3.05) is 5.73 Å². The summed E-state index contributed by atoms with van der Waals surface area (Å²) in [4.78, 5) is 4.27. The molecular weight excluding hydrogens is 308 g/mol. The zero-order valence-corrected chi connectivity index (χ0v) is 11.9. The predicted octanol–water partition coefficient (Wildman–Crippen LogP) is 3.05. The normalized spacial score (nSPS) is 10.7. The Morgan fingerprint density at radius 1 is 1.38 bits per heavy atom. The number of hydrogen-bond donors (Lipinski definition) is 1. The van der Waals surface area contributed by atoms with Crippen LogP contribution in [0.2, 0.25) is 0 Å². The quantitative estimate of drug-likeness (QED) is 0.922. The van der Waals surface area contributed by atoms with Gasteiger partial charge in [-0.3, -0.25) is 0 Å². The van der Waals surface area contributed by atoms with Gasteiger partial charge < -0.3 is 5.73 Å². The maximum Gasteiger partial charge on any atom is 0.180 e. The van der Waals surface area contributed by atoms with E-state index in [0.29, 0.717) is 5.69 Å². The summed E-state index contributed by atoms with van der Waals surface area (Å²) in [5, 5.41) is 9.82. The third kappa shape index (κ3) is 2.36. The van der Waals surface area contributed by atoms with Crippen molar-refractivity contribution < 1.29 is 0 Å². The Hall–Kier alpha value is -0.660. The topological polar surface area (TPSA) is 64.7 Å². The molecule has 0 radical (unpaired) electrons. The van der Waals surface area contributed by atoms with Gasteiger partial charge in [0.05, 0.1) is 16.4 Å². The first-order valence-corrected chi connectivity index (χ1v) is 6.89. The lowest BCUT2D eigenvalue weighted by molar-refractivity contribution is 0.979. The number of aromatic nitrogens is 3. The number of rotatable bonds is 2. The van der Waals surface area contributed by atoms with Crippen LogP contribution in [0.25, 0.3) is 0 Å². The molecule has 16 heavy (non-hydrogen) atoms. The molecule has 0 bridgehead atoms. The highest BCUT2D eigenvalue weighted by atomic mass is 79.9. The average molecular weight is 317 g/mol. The Kier molecular flexibility index (Phi) is 3.46. The van der Waals surface area contributed by atoms with E-state index in [1.165, 1.54) is 11.8 Å². The molecule has 2 rings (SSSR count). The van der Waals surface area contributed by atoms with Crippen LogP contribution in [0.15, 0.2) is 20.0 Å². The highest BCUT2D eigenvalue weighted by Gasteiger charge is 2.11. The molecule has 0 atom stereocenters. The number of pyridine rings is 1. The fraction of sp³-hybridized carbons (Fsp3) is 0.222. The van der Waals surface area contributed by atoms with Crippen molar-refractivity contribution in [3.05, 3.63) is 21.2 Å². The minimum Gasteiger partial charge on any atom is -0.397 e. The molecule has 2 aromatic heterocycles. The summed E-state index contributed by atoms with van der Waals surface area (Å²) in [5.74, 6) is 0. The maximum absolute atomic E-state index is 5.76. The molecule has 84 valence electrons. The first-order chi connectivity index (χ1) is 7.58. The molecule has 0 unspecified atom stereocenters. The van der Waals surface area contributed by atoms with Gasteiger partial charge in [-0.25, -0.2) is 4.98 Å². The van der Waals surface area contributed by atoms with Crippen LogP contribution in [-0.2, 0) is 0 Å². The Labute approximate surface area is 110 Å². The van der Waals surface area contributed by atoms with Crippen molar-refractivity contribution in [1.82, 2.24) is 15.2 Å². The van der Waals surface area contributed by atoms with Crippen LogP contribution in [0.5, 0.6) is 0 Å². The van der Waals surface area contributed by atoms with Gasteiger partial charge in [0.2, 0.25) is 0 Å². The second kappa shape index (κ2) is 4.68.